The molecule has 5 heteroatoms. The van der Waals surface area contributed by atoms with E-state index in [0.29, 0.717) is 6.54 Å². The predicted molar refractivity (Wildman–Crippen MR) is 116 cm³/mol. The lowest BCUT2D eigenvalue weighted by molar-refractivity contribution is -0.116. The molecule has 0 atom stereocenters. The fraction of sp³-hybridized carbons (Fsp3) is 0.375. The number of likely N-dealkylation sites (N-methyl/N-ethyl adjacent to an activating group) is 1. The number of benzene rings is 2. The number of nitrogens with zero attached hydrogens (tertiary/aromatic N) is 2. The van der Waals surface area contributed by atoms with Crippen LogP contribution in [-0.4, -0.2) is 48.4 Å². The first kappa shape index (κ1) is 21.2. The molecule has 2 aromatic rings. The van der Waals surface area contributed by atoms with Crippen LogP contribution >= 0.6 is 0 Å². The molecule has 1 N–H and O–H groups in total. The maximum absolute atomic E-state index is 13.1. The number of amides is 1. The third kappa shape index (κ3) is 6.24. The van der Waals surface area contributed by atoms with Gasteiger partial charge in [-0.05, 0) is 47.9 Å². The topological polar surface area (TPSA) is 35.6 Å². The van der Waals surface area contributed by atoms with Crippen LogP contribution in [0.4, 0.5) is 4.39 Å². The van der Waals surface area contributed by atoms with Crippen molar-refractivity contribution in [3.8, 4) is 0 Å². The zero-order valence-corrected chi connectivity index (χ0v) is 17.3. The Morgan fingerprint density at radius 2 is 1.62 bits per heavy atom. The van der Waals surface area contributed by atoms with E-state index in [1.54, 1.807) is 18.2 Å². The first-order chi connectivity index (χ1) is 14.0. The van der Waals surface area contributed by atoms with Gasteiger partial charge in [-0.15, -0.1) is 0 Å². The monoisotopic (exact) mass is 395 g/mol. The Kier molecular flexibility index (Phi) is 7.55. The van der Waals surface area contributed by atoms with Crippen LogP contribution < -0.4 is 5.32 Å². The first-order valence-electron chi connectivity index (χ1n) is 10.3. The van der Waals surface area contributed by atoms with Gasteiger partial charge in [-0.3, -0.25) is 9.69 Å². The van der Waals surface area contributed by atoms with Crippen LogP contribution in [0.1, 0.15) is 30.5 Å². The van der Waals surface area contributed by atoms with Gasteiger partial charge in [-0.1, -0.05) is 43.3 Å². The summed E-state index contributed by atoms with van der Waals surface area (Å²) in [7, 11) is 0. The molecule has 0 saturated carbocycles. The molecule has 1 aliphatic rings. The van der Waals surface area contributed by atoms with Crippen LogP contribution in [0.5, 0.6) is 0 Å². The molecule has 29 heavy (non-hydrogen) atoms. The molecular weight excluding hydrogens is 365 g/mol. The summed E-state index contributed by atoms with van der Waals surface area (Å²) < 4.78 is 13.1. The summed E-state index contributed by atoms with van der Waals surface area (Å²) in [6, 6.07) is 14.5. The van der Waals surface area contributed by atoms with E-state index in [9.17, 15) is 9.18 Å². The van der Waals surface area contributed by atoms with Crippen LogP contribution in [0.25, 0.3) is 5.57 Å². The molecule has 1 fully saturated rings. The van der Waals surface area contributed by atoms with Crippen molar-refractivity contribution in [2.45, 2.75) is 26.9 Å². The van der Waals surface area contributed by atoms with Crippen LogP contribution in [0.15, 0.2) is 54.6 Å². The van der Waals surface area contributed by atoms with E-state index in [1.165, 1.54) is 17.7 Å². The van der Waals surface area contributed by atoms with Gasteiger partial charge in [-0.25, -0.2) is 4.39 Å². The highest BCUT2D eigenvalue weighted by Crippen LogP contribution is 2.15. The molecule has 0 bridgehead atoms. The number of carbonyl (C=O) groups is 1. The van der Waals surface area contributed by atoms with Gasteiger partial charge in [0, 0.05) is 45.3 Å². The van der Waals surface area contributed by atoms with E-state index >= 15 is 0 Å². The van der Waals surface area contributed by atoms with E-state index in [0.717, 1.165) is 56.0 Å². The van der Waals surface area contributed by atoms with Gasteiger partial charge in [0.2, 0.25) is 5.91 Å². The molecular formula is C24H30FN3O. The lowest BCUT2D eigenvalue weighted by Crippen LogP contribution is -2.45. The van der Waals surface area contributed by atoms with Crippen LogP contribution in [-0.2, 0) is 17.9 Å². The molecule has 0 unspecified atom stereocenters. The standard InChI is InChI=1S/C24H30FN3O/c1-3-27-12-14-28(15-13-27)18-22-7-5-4-6-21(22)17-26-24(29)16-19(2)20-8-10-23(25)11-9-20/h4-11,16H,3,12-15,17-18H2,1-2H3,(H,26,29)/b19-16+. The van der Waals surface area contributed by atoms with Crippen LogP contribution in [0.2, 0.25) is 0 Å². The molecule has 2 aromatic carbocycles. The molecule has 1 aliphatic heterocycles. The van der Waals surface area contributed by atoms with Gasteiger partial charge < -0.3 is 10.2 Å². The minimum atomic E-state index is -0.279. The third-order valence-electron chi connectivity index (χ3n) is 5.52. The SMILES string of the molecule is CCN1CCN(Cc2ccccc2CNC(=O)/C=C(\C)c2ccc(F)cc2)CC1. The largest absolute Gasteiger partial charge is 0.348 e. The summed E-state index contributed by atoms with van der Waals surface area (Å²) in [5.74, 6) is -0.420. The highest BCUT2D eigenvalue weighted by atomic mass is 19.1. The van der Waals surface area contributed by atoms with Crippen molar-refractivity contribution in [1.29, 1.82) is 0 Å². The lowest BCUT2D eigenvalue weighted by atomic mass is 10.1. The van der Waals surface area contributed by atoms with E-state index in [1.807, 2.05) is 13.0 Å². The van der Waals surface area contributed by atoms with E-state index in [-0.39, 0.29) is 11.7 Å². The number of carbonyl (C=O) groups excluding carboxylic acids is 1. The highest BCUT2D eigenvalue weighted by Gasteiger charge is 2.16. The van der Waals surface area contributed by atoms with Crippen molar-refractivity contribution in [2.75, 3.05) is 32.7 Å². The minimum Gasteiger partial charge on any atom is -0.348 e. The minimum absolute atomic E-state index is 0.141. The van der Waals surface area contributed by atoms with Crippen molar-refractivity contribution in [3.63, 3.8) is 0 Å². The zero-order chi connectivity index (χ0) is 20.6. The second kappa shape index (κ2) is 10.3. The molecule has 1 heterocycles. The molecule has 3 rings (SSSR count). The van der Waals surface area contributed by atoms with Gasteiger partial charge in [0.15, 0.2) is 0 Å². The fourth-order valence-corrected chi connectivity index (χ4v) is 3.61. The van der Waals surface area contributed by atoms with Crippen LogP contribution in [0, 0.1) is 5.82 Å². The van der Waals surface area contributed by atoms with Gasteiger partial charge >= 0.3 is 0 Å². The molecule has 1 amide bonds. The summed E-state index contributed by atoms with van der Waals surface area (Å²) in [6.45, 7) is 11.0. The van der Waals surface area contributed by atoms with Gasteiger partial charge in [0.25, 0.3) is 0 Å². The molecule has 0 radical (unpaired) electrons. The Labute approximate surface area is 173 Å². The molecule has 0 aliphatic carbocycles. The van der Waals surface area contributed by atoms with Gasteiger partial charge in [-0.2, -0.15) is 0 Å². The first-order valence-corrected chi connectivity index (χ1v) is 10.3. The lowest BCUT2D eigenvalue weighted by Gasteiger charge is -2.34. The average molecular weight is 396 g/mol. The zero-order valence-electron chi connectivity index (χ0n) is 17.3. The third-order valence-corrected chi connectivity index (χ3v) is 5.52. The predicted octanol–water partition coefficient (Wildman–Crippen LogP) is 3.68. The average Bonchev–Trinajstić information content (AvgIpc) is 2.74. The van der Waals surface area contributed by atoms with Crippen molar-refractivity contribution in [2.24, 2.45) is 0 Å². The van der Waals surface area contributed by atoms with Crippen molar-refractivity contribution >= 4 is 11.5 Å². The Hall–Kier alpha value is -2.50. The normalized spacial score (nSPS) is 16.0. The molecule has 1 saturated heterocycles. The summed E-state index contributed by atoms with van der Waals surface area (Å²) in [4.78, 5) is 17.3. The Balaban J connectivity index is 1.57. The fourth-order valence-electron chi connectivity index (χ4n) is 3.61. The molecule has 154 valence electrons. The maximum atomic E-state index is 13.1. The summed E-state index contributed by atoms with van der Waals surface area (Å²) in [5.41, 5.74) is 4.06. The number of nitrogens with one attached hydrogen (secondary N) is 1. The Morgan fingerprint density at radius 1 is 1.00 bits per heavy atom. The van der Waals surface area contributed by atoms with E-state index < -0.39 is 0 Å². The van der Waals surface area contributed by atoms with E-state index in [4.69, 9.17) is 0 Å². The smallest absolute Gasteiger partial charge is 0.244 e. The number of rotatable bonds is 7. The Morgan fingerprint density at radius 3 is 2.28 bits per heavy atom. The van der Waals surface area contributed by atoms with Gasteiger partial charge in [0.1, 0.15) is 5.82 Å². The maximum Gasteiger partial charge on any atom is 0.244 e. The van der Waals surface area contributed by atoms with Crippen LogP contribution in [0.3, 0.4) is 0 Å². The summed E-state index contributed by atoms with van der Waals surface area (Å²) in [5, 5.41) is 2.99. The Bertz CT molecular complexity index is 839. The second-order valence-electron chi connectivity index (χ2n) is 7.53. The number of hydrogen-bond acceptors (Lipinski definition) is 3. The number of hydrogen-bond donors (Lipinski definition) is 1. The second-order valence-corrected chi connectivity index (χ2v) is 7.53. The number of allylic oxidation sites excluding steroid dienone is 1. The molecule has 0 spiro atoms. The molecule has 4 nitrogen and oxygen atoms in total. The van der Waals surface area contributed by atoms with Crippen molar-refractivity contribution in [1.82, 2.24) is 15.1 Å². The summed E-state index contributed by atoms with van der Waals surface area (Å²) in [6.07, 6.45) is 1.57. The molecule has 0 aromatic heterocycles. The number of piperazine rings is 1. The van der Waals surface area contributed by atoms with Crippen molar-refractivity contribution in [3.05, 3.63) is 77.1 Å². The quantitative estimate of drug-likeness (QED) is 0.727. The highest BCUT2D eigenvalue weighted by molar-refractivity contribution is 5.94. The van der Waals surface area contributed by atoms with Gasteiger partial charge in [0.05, 0.1) is 0 Å². The number of halogens is 1. The van der Waals surface area contributed by atoms with E-state index in [2.05, 4.69) is 40.2 Å². The van der Waals surface area contributed by atoms with Crippen molar-refractivity contribution < 1.29 is 9.18 Å². The summed E-state index contributed by atoms with van der Waals surface area (Å²) >= 11 is 0.